The number of likely N-dealkylation sites (tertiary alicyclic amines) is 1. The number of nitrogens with zero attached hydrogens (tertiary/aromatic N) is 1. The number of aryl methyl sites for hydroxylation is 1. The van der Waals surface area contributed by atoms with Crippen molar-refractivity contribution in [3.05, 3.63) is 53.6 Å². The normalized spacial score (nSPS) is 16.0. The molecule has 1 heterocycles. The standard InChI is InChI=1S/C22H31N3O3S/c1-17-7-12-21(28-4)22(15-17)29(26,27)23-16-20(25-13-5-6-14-25)18-8-10-19(11-9-18)24(2)3/h7-12,15,20,23H,5-6,13-14,16H2,1-4H3/p+1/t20-/m1/s1. The molecule has 2 aromatic carbocycles. The van der Waals surface area contributed by atoms with Gasteiger partial charge in [0.1, 0.15) is 16.7 Å². The van der Waals surface area contributed by atoms with Crippen molar-refractivity contribution in [2.75, 3.05) is 45.7 Å². The van der Waals surface area contributed by atoms with E-state index in [0.717, 1.165) is 29.9 Å². The van der Waals surface area contributed by atoms with Gasteiger partial charge in [0.25, 0.3) is 0 Å². The Morgan fingerprint density at radius 2 is 1.76 bits per heavy atom. The van der Waals surface area contributed by atoms with Gasteiger partial charge in [-0.3, -0.25) is 0 Å². The second-order valence-electron chi connectivity index (χ2n) is 7.91. The van der Waals surface area contributed by atoms with E-state index in [9.17, 15) is 8.42 Å². The molecule has 1 fully saturated rings. The maximum Gasteiger partial charge on any atom is 0.244 e. The van der Waals surface area contributed by atoms with Gasteiger partial charge < -0.3 is 14.5 Å². The van der Waals surface area contributed by atoms with Crippen LogP contribution in [0.3, 0.4) is 0 Å². The molecule has 1 aliphatic rings. The molecule has 1 aliphatic heterocycles. The fraction of sp³-hybridized carbons (Fsp3) is 0.455. The molecule has 0 saturated carbocycles. The number of methoxy groups -OCH3 is 1. The van der Waals surface area contributed by atoms with Crippen LogP contribution in [-0.4, -0.2) is 49.3 Å². The third-order valence-electron chi connectivity index (χ3n) is 5.64. The smallest absolute Gasteiger partial charge is 0.244 e. The van der Waals surface area contributed by atoms with Crippen LogP contribution in [0.25, 0.3) is 0 Å². The van der Waals surface area contributed by atoms with Crippen LogP contribution in [0.2, 0.25) is 0 Å². The second-order valence-corrected chi connectivity index (χ2v) is 9.65. The monoisotopic (exact) mass is 418 g/mol. The molecule has 29 heavy (non-hydrogen) atoms. The summed E-state index contributed by atoms with van der Waals surface area (Å²) >= 11 is 0. The van der Waals surface area contributed by atoms with Crippen molar-refractivity contribution in [3.8, 4) is 5.75 Å². The summed E-state index contributed by atoms with van der Waals surface area (Å²) in [5.74, 6) is 0.364. The molecule has 2 aromatic rings. The average molecular weight is 419 g/mol. The minimum absolute atomic E-state index is 0.0827. The molecule has 0 radical (unpaired) electrons. The van der Waals surface area contributed by atoms with Crippen LogP contribution in [0.15, 0.2) is 47.4 Å². The number of anilines is 1. The predicted octanol–water partition coefficient (Wildman–Crippen LogP) is 1.77. The molecule has 0 unspecified atom stereocenters. The topological polar surface area (TPSA) is 63.1 Å². The van der Waals surface area contributed by atoms with Crippen LogP contribution in [0.1, 0.15) is 30.0 Å². The fourth-order valence-electron chi connectivity index (χ4n) is 3.94. The van der Waals surface area contributed by atoms with E-state index < -0.39 is 10.0 Å². The summed E-state index contributed by atoms with van der Waals surface area (Å²) in [6, 6.07) is 13.7. The van der Waals surface area contributed by atoms with E-state index in [1.807, 2.05) is 27.1 Å². The van der Waals surface area contributed by atoms with Crippen LogP contribution < -0.4 is 19.3 Å². The molecule has 6 nitrogen and oxygen atoms in total. The minimum Gasteiger partial charge on any atom is -0.495 e. The van der Waals surface area contributed by atoms with Crippen LogP contribution in [0.4, 0.5) is 5.69 Å². The van der Waals surface area contributed by atoms with Crippen molar-refractivity contribution in [2.24, 2.45) is 0 Å². The lowest BCUT2D eigenvalue weighted by Gasteiger charge is -2.26. The zero-order chi connectivity index (χ0) is 21.0. The lowest BCUT2D eigenvalue weighted by Crippen LogP contribution is -3.11. The van der Waals surface area contributed by atoms with E-state index in [1.165, 1.54) is 24.9 Å². The summed E-state index contributed by atoms with van der Waals surface area (Å²) in [4.78, 5) is 3.69. The quantitative estimate of drug-likeness (QED) is 0.686. The molecule has 0 aliphatic carbocycles. The van der Waals surface area contributed by atoms with Crippen LogP contribution in [0.5, 0.6) is 5.75 Å². The van der Waals surface area contributed by atoms with Crippen molar-refractivity contribution < 1.29 is 18.1 Å². The van der Waals surface area contributed by atoms with Gasteiger partial charge in [0.05, 0.1) is 26.7 Å². The first-order valence-electron chi connectivity index (χ1n) is 10.1. The second kappa shape index (κ2) is 9.15. The van der Waals surface area contributed by atoms with Crippen molar-refractivity contribution in [2.45, 2.75) is 30.7 Å². The van der Waals surface area contributed by atoms with Gasteiger partial charge in [0.2, 0.25) is 10.0 Å². The third kappa shape index (κ3) is 5.10. The Morgan fingerprint density at radius 1 is 1.10 bits per heavy atom. The number of rotatable bonds is 8. The van der Waals surface area contributed by atoms with E-state index in [0.29, 0.717) is 12.3 Å². The first kappa shape index (κ1) is 21.6. The highest BCUT2D eigenvalue weighted by atomic mass is 32.2. The van der Waals surface area contributed by atoms with Crippen molar-refractivity contribution in [1.29, 1.82) is 0 Å². The number of ether oxygens (including phenoxy) is 1. The molecule has 0 amide bonds. The Kier molecular flexibility index (Phi) is 6.82. The number of hydrogen-bond donors (Lipinski definition) is 2. The molecular formula is C22H32N3O3S+. The lowest BCUT2D eigenvalue weighted by atomic mass is 10.1. The fourth-order valence-corrected chi connectivity index (χ4v) is 5.24. The minimum atomic E-state index is -3.68. The van der Waals surface area contributed by atoms with Gasteiger partial charge in [0.15, 0.2) is 0 Å². The molecule has 2 N–H and O–H groups in total. The summed E-state index contributed by atoms with van der Waals surface area (Å²) in [6.45, 7) is 4.36. The highest BCUT2D eigenvalue weighted by Crippen LogP contribution is 2.25. The number of sulfonamides is 1. The zero-order valence-electron chi connectivity index (χ0n) is 17.7. The molecule has 158 valence electrons. The van der Waals surface area contributed by atoms with Gasteiger partial charge >= 0.3 is 0 Å². The highest BCUT2D eigenvalue weighted by molar-refractivity contribution is 7.89. The summed E-state index contributed by atoms with van der Waals surface area (Å²) in [6.07, 6.45) is 2.36. The molecular weight excluding hydrogens is 386 g/mol. The van der Waals surface area contributed by atoms with E-state index >= 15 is 0 Å². The van der Waals surface area contributed by atoms with Gasteiger partial charge in [-0.2, -0.15) is 0 Å². The van der Waals surface area contributed by atoms with Crippen molar-refractivity contribution in [3.63, 3.8) is 0 Å². The first-order chi connectivity index (χ1) is 13.8. The molecule has 0 spiro atoms. The van der Waals surface area contributed by atoms with Gasteiger partial charge in [-0.1, -0.05) is 18.2 Å². The van der Waals surface area contributed by atoms with Crippen LogP contribution in [-0.2, 0) is 10.0 Å². The maximum absolute atomic E-state index is 13.1. The number of benzene rings is 2. The van der Waals surface area contributed by atoms with E-state index in [2.05, 4.69) is 33.9 Å². The summed E-state index contributed by atoms with van der Waals surface area (Å²) in [5.41, 5.74) is 3.17. The SMILES string of the molecule is COc1ccc(C)cc1S(=O)(=O)NC[C@H](c1ccc(N(C)C)cc1)[NH+]1CCCC1. The third-order valence-corrected chi connectivity index (χ3v) is 7.08. The Bertz CT molecular complexity index is 921. The highest BCUT2D eigenvalue weighted by Gasteiger charge is 2.30. The van der Waals surface area contributed by atoms with E-state index in [1.54, 1.807) is 12.1 Å². The molecule has 7 heteroatoms. The summed E-state index contributed by atoms with van der Waals surface area (Å²) < 4.78 is 34.2. The maximum atomic E-state index is 13.1. The average Bonchev–Trinajstić information content (AvgIpc) is 3.23. The van der Waals surface area contributed by atoms with Crippen LogP contribution in [0, 0.1) is 6.92 Å². The molecule has 0 bridgehead atoms. The number of nitrogens with one attached hydrogen (secondary N) is 2. The lowest BCUT2D eigenvalue weighted by molar-refractivity contribution is -0.918. The Morgan fingerprint density at radius 3 is 2.34 bits per heavy atom. The van der Waals surface area contributed by atoms with Gasteiger partial charge in [0, 0.05) is 38.2 Å². The first-order valence-corrected chi connectivity index (χ1v) is 11.6. The zero-order valence-corrected chi connectivity index (χ0v) is 18.6. The Hall–Kier alpha value is -2.09. The van der Waals surface area contributed by atoms with Crippen molar-refractivity contribution >= 4 is 15.7 Å². The van der Waals surface area contributed by atoms with Gasteiger partial charge in [-0.05, 0) is 36.8 Å². The van der Waals surface area contributed by atoms with E-state index in [-0.39, 0.29) is 10.9 Å². The number of quaternary nitrogens is 1. The van der Waals surface area contributed by atoms with Crippen molar-refractivity contribution in [1.82, 2.24) is 4.72 Å². The Labute approximate surface area is 174 Å². The number of hydrogen-bond acceptors (Lipinski definition) is 4. The predicted molar refractivity (Wildman–Crippen MR) is 116 cm³/mol. The molecule has 1 saturated heterocycles. The molecule has 1 atom stereocenters. The Balaban J connectivity index is 1.84. The largest absolute Gasteiger partial charge is 0.495 e. The summed E-state index contributed by atoms with van der Waals surface area (Å²) in [7, 11) is 1.85. The molecule has 3 rings (SSSR count). The van der Waals surface area contributed by atoms with Gasteiger partial charge in [-0.15, -0.1) is 0 Å². The van der Waals surface area contributed by atoms with Crippen LogP contribution >= 0.6 is 0 Å². The summed E-state index contributed by atoms with van der Waals surface area (Å²) in [5, 5.41) is 0. The molecule has 0 aromatic heterocycles. The van der Waals surface area contributed by atoms with E-state index in [4.69, 9.17) is 4.74 Å². The van der Waals surface area contributed by atoms with Gasteiger partial charge in [-0.25, -0.2) is 13.1 Å².